The van der Waals surface area contributed by atoms with Gasteiger partial charge in [0.1, 0.15) is 0 Å². The Labute approximate surface area is 112 Å². The summed E-state index contributed by atoms with van der Waals surface area (Å²) in [6.45, 7) is 0. The highest BCUT2D eigenvalue weighted by molar-refractivity contribution is 7.86. The summed E-state index contributed by atoms with van der Waals surface area (Å²) in [7, 11) is -5.22. The lowest BCUT2D eigenvalue weighted by molar-refractivity contribution is -0.354. The molecule has 0 fully saturated rings. The van der Waals surface area contributed by atoms with Gasteiger partial charge in [-0.15, -0.1) is 0 Å². The molecular formula is C5H3Cl3F6O3S. The highest BCUT2D eigenvalue weighted by atomic mass is 35.6. The highest BCUT2D eigenvalue weighted by Gasteiger charge is 2.82. The van der Waals surface area contributed by atoms with E-state index in [0.29, 0.717) is 0 Å². The first-order chi connectivity index (χ1) is 7.46. The van der Waals surface area contributed by atoms with Crippen LogP contribution in [-0.4, -0.2) is 36.4 Å². The Morgan fingerprint density at radius 1 is 0.889 bits per heavy atom. The number of hydrogen-bond donors (Lipinski definition) is 0. The molecule has 0 radical (unpaired) electrons. The van der Waals surface area contributed by atoms with Gasteiger partial charge in [-0.3, -0.25) is 0 Å². The van der Waals surface area contributed by atoms with Crippen molar-refractivity contribution in [3.05, 3.63) is 0 Å². The Bertz CT molecular complexity index is 372. The van der Waals surface area contributed by atoms with Gasteiger partial charge in [-0.2, -0.15) is 34.8 Å². The molecule has 0 heterocycles. The topological polar surface area (TPSA) is 43.4 Å². The Kier molecular flexibility index (Phi) is 4.82. The van der Waals surface area contributed by atoms with E-state index < -0.39 is 31.9 Å². The lowest BCUT2D eigenvalue weighted by atomic mass is 10.1. The molecule has 0 spiro atoms. The van der Waals surface area contributed by atoms with E-state index in [1.165, 1.54) is 0 Å². The molecule has 13 heteroatoms. The third-order valence-corrected chi connectivity index (χ3v) is 2.83. The number of rotatable bonds is 2. The van der Waals surface area contributed by atoms with E-state index in [1.54, 1.807) is 0 Å². The molecule has 0 aliphatic heterocycles. The molecule has 0 aromatic heterocycles. The van der Waals surface area contributed by atoms with E-state index in [1.807, 2.05) is 0 Å². The summed E-state index contributed by atoms with van der Waals surface area (Å²) in [6, 6.07) is 0. The molecule has 3 nitrogen and oxygen atoms in total. The van der Waals surface area contributed by atoms with Gasteiger partial charge < -0.3 is 0 Å². The van der Waals surface area contributed by atoms with Gasteiger partial charge in [0.25, 0.3) is 10.1 Å². The smallest absolute Gasteiger partial charge is 0.239 e. The molecule has 0 bridgehead atoms. The van der Waals surface area contributed by atoms with Crippen LogP contribution in [0.1, 0.15) is 0 Å². The summed E-state index contributed by atoms with van der Waals surface area (Å²) in [5.74, 6) is 0. The van der Waals surface area contributed by atoms with Crippen LogP contribution in [0.4, 0.5) is 26.3 Å². The van der Waals surface area contributed by atoms with Crippen molar-refractivity contribution in [3.63, 3.8) is 0 Å². The van der Waals surface area contributed by atoms with Crippen LogP contribution in [0.25, 0.3) is 0 Å². The van der Waals surface area contributed by atoms with Crippen molar-refractivity contribution in [1.82, 2.24) is 0 Å². The molecule has 0 aromatic carbocycles. The molecule has 0 amide bonds. The normalized spacial score (nSPS) is 15.9. The van der Waals surface area contributed by atoms with E-state index in [-0.39, 0.29) is 6.26 Å². The summed E-state index contributed by atoms with van der Waals surface area (Å²) < 4.78 is 95.3. The Morgan fingerprint density at radius 2 is 1.17 bits per heavy atom. The van der Waals surface area contributed by atoms with Crippen molar-refractivity contribution in [2.24, 2.45) is 0 Å². The van der Waals surface area contributed by atoms with Crippen LogP contribution in [0.3, 0.4) is 0 Å². The minimum atomic E-state index is -6.33. The van der Waals surface area contributed by atoms with Crippen LogP contribution in [0, 0.1) is 0 Å². The van der Waals surface area contributed by atoms with Crippen molar-refractivity contribution in [2.45, 2.75) is 21.7 Å². The fraction of sp³-hybridized carbons (Fsp3) is 1.00. The van der Waals surface area contributed by atoms with Crippen LogP contribution in [0.15, 0.2) is 0 Å². The maximum Gasteiger partial charge on any atom is 0.432 e. The predicted molar refractivity (Wildman–Crippen MR) is 51.1 cm³/mol. The zero-order valence-electron chi connectivity index (χ0n) is 8.03. The van der Waals surface area contributed by atoms with Gasteiger partial charge in [0.05, 0.1) is 6.26 Å². The SMILES string of the molecule is CS(=O)(=O)OC(C(F)(F)F)(C(F)(F)F)C(Cl)(Cl)Cl. The van der Waals surface area contributed by atoms with E-state index >= 15 is 0 Å². The summed E-state index contributed by atoms with van der Waals surface area (Å²) in [4.78, 5) is 0. The van der Waals surface area contributed by atoms with Crippen LogP contribution in [0.5, 0.6) is 0 Å². The van der Waals surface area contributed by atoms with Gasteiger partial charge >= 0.3 is 18.0 Å². The zero-order chi connectivity index (χ0) is 15.2. The minimum Gasteiger partial charge on any atom is -0.239 e. The molecule has 0 saturated heterocycles. The van der Waals surface area contributed by atoms with Crippen LogP contribution in [0.2, 0.25) is 0 Å². The molecule has 0 atom stereocenters. The first-order valence-electron chi connectivity index (χ1n) is 3.56. The second-order valence-corrected chi connectivity index (χ2v) is 6.82. The molecule has 110 valence electrons. The molecular weight excluding hydrogens is 360 g/mol. The molecule has 0 rings (SSSR count). The van der Waals surface area contributed by atoms with Crippen molar-refractivity contribution in [2.75, 3.05) is 6.26 Å². The quantitative estimate of drug-likeness (QED) is 0.430. The second-order valence-electron chi connectivity index (χ2n) is 2.96. The molecule has 0 aliphatic carbocycles. The summed E-state index contributed by atoms with van der Waals surface area (Å²) >= 11 is 13.9. The fourth-order valence-corrected chi connectivity index (χ4v) is 2.51. The van der Waals surface area contributed by atoms with Gasteiger partial charge in [-0.05, 0) is 0 Å². The van der Waals surface area contributed by atoms with E-state index in [9.17, 15) is 34.8 Å². The Hall–Kier alpha value is 0.360. The van der Waals surface area contributed by atoms with Crippen molar-refractivity contribution < 1.29 is 38.9 Å². The van der Waals surface area contributed by atoms with Crippen LogP contribution < -0.4 is 0 Å². The number of halogens is 9. The molecule has 18 heavy (non-hydrogen) atoms. The van der Waals surface area contributed by atoms with E-state index in [4.69, 9.17) is 0 Å². The van der Waals surface area contributed by atoms with Crippen molar-refractivity contribution >= 4 is 44.9 Å². The third kappa shape index (κ3) is 3.47. The van der Waals surface area contributed by atoms with Gasteiger partial charge in [-0.25, -0.2) is 4.18 Å². The molecule has 0 aliphatic rings. The number of hydrogen-bond acceptors (Lipinski definition) is 3. The molecule has 0 unspecified atom stereocenters. The average Bonchev–Trinajstić information content (AvgIpc) is 1.90. The standard InChI is InChI=1S/C5H3Cl3F6O3S/c1-18(15,16)17-2(3(6,7)8,4(9,10)11)5(12,13)14/h1H3. The molecule has 0 N–H and O–H groups in total. The third-order valence-electron chi connectivity index (χ3n) is 1.47. The molecule has 0 aromatic rings. The van der Waals surface area contributed by atoms with Crippen LogP contribution >= 0.6 is 34.8 Å². The van der Waals surface area contributed by atoms with Gasteiger partial charge in [0.15, 0.2) is 0 Å². The fourth-order valence-electron chi connectivity index (χ4n) is 0.851. The largest absolute Gasteiger partial charge is 0.432 e. The first kappa shape index (κ1) is 18.4. The van der Waals surface area contributed by atoms with Gasteiger partial charge in [0, 0.05) is 0 Å². The van der Waals surface area contributed by atoms with E-state index in [2.05, 4.69) is 39.0 Å². The summed E-state index contributed by atoms with van der Waals surface area (Å²) in [6.07, 6.45) is -12.7. The lowest BCUT2D eigenvalue weighted by Crippen LogP contribution is -2.67. The molecule has 0 saturated carbocycles. The maximum atomic E-state index is 12.5. The number of alkyl halides is 9. The van der Waals surface area contributed by atoms with Gasteiger partial charge in [-0.1, -0.05) is 34.8 Å². The summed E-state index contributed by atoms with van der Waals surface area (Å²) in [5, 5.41) is 0. The lowest BCUT2D eigenvalue weighted by Gasteiger charge is -2.39. The van der Waals surface area contributed by atoms with Crippen LogP contribution in [-0.2, 0) is 14.3 Å². The predicted octanol–water partition coefficient (Wildman–Crippen LogP) is 3.20. The summed E-state index contributed by atoms with van der Waals surface area (Å²) in [5.41, 5.74) is -5.49. The highest BCUT2D eigenvalue weighted by Crippen LogP contribution is 2.58. The first-order valence-corrected chi connectivity index (χ1v) is 6.51. The van der Waals surface area contributed by atoms with Gasteiger partial charge in [0.2, 0.25) is 3.79 Å². The zero-order valence-corrected chi connectivity index (χ0v) is 11.1. The van der Waals surface area contributed by atoms with Crippen molar-refractivity contribution in [1.29, 1.82) is 0 Å². The monoisotopic (exact) mass is 362 g/mol. The maximum absolute atomic E-state index is 12.5. The van der Waals surface area contributed by atoms with Crippen molar-refractivity contribution in [3.8, 4) is 0 Å². The average molecular weight is 363 g/mol. The Balaban J connectivity index is 6.27. The second kappa shape index (κ2) is 4.72. The van der Waals surface area contributed by atoms with E-state index in [0.717, 1.165) is 0 Å². The minimum absolute atomic E-state index is 0.0460. The Morgan fingerprint density at radius 3 is 1.22 bits per heavy atom.